The Morgan fingerprint density at radius 2 is 1.67 bits per heavy atom. The van der Waals surface area contributed by atoms with Crippen LogP contribution in [0.25, 0.3) is 0 Å². The van der Waals surface area contributed by atoms with Gasteiger partial charge in [-0.2, -0.15) is 0 Å². The lowest BCUT2D eigenvalue weighted by atomic mass is 10.0. The van der Waals surface area contributed by atoms with Crippen LogP contribution in [0.4, 0.5) is 18.9 Å². The minimum atomic E-state index is -0.644. The third-order valence-corrected chi connectivity index (χ3v) is 4.25. The van der Waals surface area contributed by atoms with Gasteiger partial charge in [-0.15, -0.1) is 0 Å². The van der Waals surface area contributed by atoms with Crippen LogP contribution in [0.5, 0.6) is 0 Å². The lowest BCUT2D eigenvalue weighted by molar-refractivity contribution is 0.578. The molecule has 1 fully saturated rings. The molecule has 1 nitrogen and oxygen atoms in total. The van der Waals surface area contributed by atoms with Gasteiger partial charge in [-0.3, -0.25) is 0 Å². The van der Waals surface area contributed by atoms with E-state index in [1.165, 1.54) is 18.2 Å². The van der Waals surface area contributed by atoms with E-state index in [0.29, 0.717) is 10.4 Å². The van der Waals surface area contributed by atoms with Crippen molar-refractivity contribution in [3.05, 3.63) is 63.9 Å². The number of rotatable bonds is 4. The Morgan fingerprint density at radius 3 is 2.24 bits per heavy atom. The molecule has 0 bridgehead atoms. The lowest BCUT2D eigenvalue weighted by Crippen LogP contribution is -2.14. The first-order valence-electron chi connectivity index (χ1n) is 6.71. The Morgan fingerprint density at radius 1 is 1.00 bits per heavy atom. The maximum atomic E-state index is 13.9. The molecular formula is C16H13BrF3N. The highest BCUT2D eigenvalue weighted by Gasteiger charge is 2.33. The van der Waals surface area contributed by atoms with Crippen LogP contribution in [-0.4, -0.2) is 0 Å². The van der Waals surface area contributed by atoms with E-state index in [1.54, 1.807) is 12.1 Å². The van der Waals surface area contributed by atoms with Crippen molar-refractivity contribution in [2.24, 2.45) is 5.92 Å². The van der Waals surface area contributed by atoms with Crippen LogP contribution in [0, 0.1) is 23.4 Å². The fraction of sp³-hybridized carbons (Fsp3) is 0.250. The van der Waals surface area contributed by atoms with Gasteiger partial charge >= 0.3 is 0 Å². The molecule has 1 N–H and O–H groups in total. The van der Waals surface area contributed by atoms with E-state index in [4.69, 9.17) is 0 Å². The topological polar surface area (TPSA) is 12.0 Å². The van der Waals surface area contributed by atoms with E-state index in [2.05, 4.69) is 21.2 Å². The van der Waals surface area contributed by atoms with Crippen LogP contribution in [0.2, 0.25) is 0 Å². The first kappa shape index (κ1) is 14.4. The Labute approximate surface area is 129 Å². The minimum absolute atomic E-state index is 0.109. The molecule has 1 unspecified atom stereocenters. The van der Waals surface area contributed by atoms with Gasteiger partial charge in [0, 0.05) is 10.5 Å². The molecule has 0 saturated heterocycles. The van der Waals surface area contributed by atoms with Gasteiger partial charge in [0.05, 0.1) is 11.7 Å². The molecule has 110 valence electrons. The first-order chi connectivity index (χ1) is 10.0. The predicted octanol–water partition coefficient (Wildman–Crippen LogP) is 5.43. The zero-order chi connectivity index (χ0) is 15.0. The number of benzene rings is 2. The molecule has 0 amide bonds. The molecule has 1 atom stereocenters. The quantitative estimate of drug-likeness (QED) is 0.770. The van der Waals surface area contributed by atoms with E-state index in [1.807, 2.05) is 0 Å². The van der Waals surface area contributed by atoms with Gasteiger partial charge in [-0.05, 0) is 58.5 Å². The SMILES string of the molecule is Fc1ccc(C(Nc2c(F)cc(F)cc2Br)C2CC2)cc1. The monoisotopic (exact) mass is 355 g/mol. The predicted molar refractivity (Wildman–Crippen MR) is 79.5 cm³/mol. The molecule has 0 aliphatic heterocycles. The molecule has 3 rings (SSSR count). The molecule has 2 aromatic rings. The third kappa shape index (κ3) is 3.23. The molecule has 0 spiro atoms. The summed E-state index contributed by atoms with van der Waals surface area (Å²) in [5.74, 6) is -1.20. The second-order valence-corrected chi connectivity index (χ2v) is 6.11. The normalized spacial score (nSPS) is 15.8. The van der Waals surface area contributed by atoms with E-state index in [9.17, 15) is 13.2 Å². The molecule has 21 heavy (non-hydrogen) atoms. The standard InChI is InChI=1S/C16H13BrF3N/c17-13-7-12(19)8-14(20)16(13)21-15(9-1-2-9)10-3-5-11(18)6-4-10/h3-9,15,21H,1-2H2. The molecule has 1 aliphatic carbocycles. The van der Waals surface area contributed by atoms with Gasteiger partial charge in [0.2, 0.25) is 0 Å². The van der Waals surface area contributed by atoms with Crippen molar-refractivity contribution in [3.63, 3.8) is 0 Å². The van der Waals surface area contributed by atoms with Crippen molar-refractivity contribution in [2.75, 3.05) is 5.32 Å². The van der Waals surface area contributed by atoms with Crippen molar-refractivity contribution in [1.29, 1.82) is 0 Å². The second kappa shape index (κ2) is 5.72. The molecule has 1 aliphatic rings. The number of halogens is 4. The van der Waals surface area contributed by atoms with Gasteiger partial charge in [0.1, 0.15) is 17.5 Å². The summed E-state index contributed by atoms with van der Waals surface area (Å²) in [5, 5.41) is 3.13. The second-order valence-electron chi connectivity index (χ2n) is 5.26. The van der Waals surface area contributed by atoms with Crippen LogP contribution in [0.15, 0.2) is 40.9 Å². The Balaban J connectivity index is 1.91. The third-order valence-electron chi connectivity index (χ3n) is 3.63. The van der Waals surface area contributed by atoms with Gasteiger partial charge < -0.3 is 5.32 Å². The maximum absolute atomic E-state index is 13.9. The summed E-state index contributed by atoms with van der Waals surface area (Å²) < 4.78 is 40.5. The number of hydrogen-bond donors (Lipinski definition) is 1. The fourth-order valence-corrected chi connectivity index (χ4v) is 2.93. The van der Waals surface area contributed by atoms with E-state index >= 15 is 0 Å². The van der Waals surface area contributed by atoms with Crippen molar-refractivity contribution in [3.8, 4) is 0 Å². The average Bonchev–Trinajstić information content (AvgIpc) is 3.24. The van der Waals surface area contributed by atoms with Crippen LogP contribution >= 0.6 is 15.9 Å². The minimum Gasteiger partial charge on any atom is -0.375 e. The Bertz CT molecular complexity index is 630. The van der Waals surface area contributed by atoms with Crippen molar-refractivity contribution >= 4 is 21.6 Å². The highest BCUT2D eigenvalue weighted by molar-refractivity contribution is 9.10. The summed E-state index contributed by atoms with van der Waals surface area (Å²) in [5.41, 5.74) is 1.13. The van der Waals surface area contributed by atoms with Gasteiger partial charge in [-0.1, -0.05) is 12.1 Å². The highest BCUT2D eigenvalue weighted by Crippen LogP contribution is 2.44. The summed E-state index contributed by atoms with van der Waals surface area (Å²) in [6.07, 6.45) is 2.07. The van der Waals surface area contributed by atoms with Gasteiger partial charge in [0.15, 0.2) is 0 Å². The molecule has 1 saturated carbocycles. The van der Waals surface area contributed by atoms with Crippen LogP contribution < -0.4 is 5.32 Å². The molecule has 0 aromatic heterocycles. The summed E-state index contributed by atoms with van der Waals surface area (Å²) in [6, 6.07) is 8.13. The Kier molecular flexibility index (Phi) is 3.93. The fourth-order valence-electron chi connectivity index (χ4n) is 2.41. The summed E-state index contributed by atoms with van der Waals surface area (Å²) in [7, 11) is 0. The molecule has 0 radical (unpaired) electrons. The number of anilines is 1. The van der Waals surface area contributed by atoms with Gasteiger partial charge in [-0.25, -0.2) is 13.2 Å². The molecule has 5 heteroatoms. The van der Waals surface area contributed by atoms with Crippen LogP contribution in [-0.2, 0) is 0 Å². The zero-order valence-corrected chi connectivity index (χ0v) is 12.6. The van der Waals surface area contributed by atoms with Crippen molar-refractivity contribution in [1.82, 2.24) is 0 Å². The average molecular weight is 356 g/mol. The summed E-state index contributed by atoms with van der Waals surface area (Å²) in [6.45, 7) is 0. The van der Waals surface area contributed by atoms with E-state index in [-0.39, 0.29) is 17.5 Å². The molecule has 0 heterocycles. The largest absolute Gasteiger partial charge is 0.375 e. The first-order valence-corrected chi connectivity index (χ1v) is 7.50. The number of hydrogen-bond acceptors (Lipinski definition) is 1. The maximum Gasteiger partial charge on any atom is 0.150 e. The van der Waals surface area contributed by atoms with Crippen LogP contribution in [0.3, 0.4) is 0 Å². The molecule has 2 aromatic carbocycles. The molecular weight excluding hydrogens is 343 g/mol. The van der Waals surface area contributed by atoms with E-state index in [0.717, 1.165) is 24.5 Å². The smallest absolute Gasteiger partial charge is 0.150 e. The van der Waals surface area contributed by atoms with E-state index < -0.39 is 11.6 Å². The lowest BCUT2D eigenvalue weighted by Gasteiger charge is -2.21. The van der Waals surface area contributed by atoms with Crippen molar-refractivity contribution in [2.45, 2.75) is 18.9 Å². The number of nitrogens with one attached hydrogen (secondary N) is 1. The van der Waals surface area contributed by atoms with Crippen molar-refractivity contribution < 1.29 is 13.2 Å². The Hall–Kier alpha value is -1.49. The van der Waals surface area contributed by atoms with Crippen LogP contribution in [0.1, 0.15) is 24.4 Å². The summed E-state index contributed by atoms with van der Waals surface area (Å²) >= 11 is 3.18. The summed E-state index contributed by atoms with van der Waals surface area (Å²) in [4.78, 5) is 0. The highest BCUT2D eigenvalue weighted by atomic mass is 79.9. The van der Waals surface area contributed by atoms with Gasteiger partial charge in [0.25, 0.3) is 0 Å². The zero-order valence-electron chi connectivity index (χ0n) is 11.0.